The van der Waals surface area contributed by atoms with Crippen molar-refractivity contribution in [3.8, 4) is 0 Å². The Kier molecular flexibility index (Phi) is 48.4. The lowest BCUT2D eigenvalue weighted by Gasteiger charge is -2.18. The zero-order valence-corrected chi connectivity index (χ0v) is 40.9. The number of hydrogen-bond donors (Lipinski definition) is 0. The minimum absolute atomic E-state index is 0.0983. The van der Waals surface area contributed by atoms with Gasteiger partial charge >= 0.3 is 17.9 Å². The average molecular weight is 867 g/mol. The van der Waals surface area contributed by atoms with Crippen molar-refractivity contribution in [2.75, 3.05) is 13.2 Å². The largest absolute Gasteiger partial charge is 0.462 e. The maximum absolute atomic E-state index is 12.8. The van der Waals surface area contributed by atoms with Crippen molar-refractivity contribution in [3.05, 3.63) is 60.8 Å². The highest BCUT2D eigenvalue weighted by Gasteiger charge is 2.19. The smallest absolute Gasteiger partial charge is 0.306 e. The van der Waals surface area contributed by atoms with Crippen molar-refractivity contribution < 1.29 is 28.6 Å². The highest BCUT2D eigenvalue weighted by atomic mass is 16.6. The van der Waals surface area contributed by atoms with Crippen LogP contribution in [0, 0.1) is 0 Å². The molecule has 0 rings (SSSR count). The molecule has 0 aliphatic carbocycles. The highest BCUT2D eigenvalue weighted by molar-refractivity contribution is 5.71. The summed E-state index contributed by atoms with van der Waals surface area (Å²) < 4.78 is 16.7. The lowest BCUT2D eigenvalue weighted by molar-refractivity contribution is -0.167. The molecule has 0 heterocycles. The van der Waals surface area contributed by atoms with Crippen molar-refractivity contribution in [1.82, 2.24) is 0 Å². The molecule has 62 heavy (non-hydrogen) atoms. The van der Waals surface area contributed by atoms with E-state index in [1.54, 1.807) is 0 Å². The molecule has 0 aromatic rings. The monoisotopic (exact) mass is 867 g/mol. The highest BCUT2D eigenvalue weighted by Crippen LogP contribution is 2.15. The minimum atomic E-state index is -0.797. The molecule has 0 radical (unpaired) electrons. The SMILES string of the molecule is CC/C=C\C/C=C\C/C=C\CCCCC(=O)OCC(COC(=O)CCCCC/C=C\C=C/CCCCCCCCC)OC(=O)CCCCCCCCCCCCCCCCCC. The minimum Gasteiger partial charge on any atom is -0.462 e. The van der Waals surface area contributed by atoms with Crippen LogP contribution in [0.5, 0.6) is 0 Å². The second kappa shape index (κ2) is 50.8. The molecule has 0 aliphatic heterocycles. The average Bonchev–Trinajstić information content (AvgIpc) is 3.27. The lowest BCUT2D eigenvalue weighted by atomic mass is 10.0. The first-order valence-electron chi connectivity index (χ1n) is 26.3. The zero-order valence-electron chi connectivity index (χ0n) is 40.9. The van der Waals surface area contributed by atoms with Crippen LogP contribution in [0.15, 0.2) is 60.8 Å². The Morgan fingerprint density at radius 2 is 0.677 bits per heavy atom. The van der Waals surface area contributed by atoms with Crippen molar-refractivity contribution in [2.45, 2.75) is 264 Å². The summed E-state index contributed by atoms with van der Waals surface area (Å²) in [5, 5.41) is 0. The molecule has 1 atom stereocenters. The van der Waals surface area contributed by atoms with Gasteiger partial charge in [-0.25, -0.2) is 0 Å². The molecule has 0 aromatic heterocycles. The normalized spacial score (nSPS) is 12.5. The second-order valence-corrected chi connectivity index (χ2v) is 17.4. The van der Waals surface area contributed by atoms with Crippen LogP contribution in [0.4, 0.5) is 0 Å². The zero-order chi connectivity index (χ0) is 45.1. The number of carbonyl (C=O) groups excluding carboxylic acids is 3. The van der Waals surface area contributed by atoms with Crippen LogP contribution in [-0.2, 0) is 28.6 Å². The van der Waals surface area contributed by atoms with Gasteiger partial charge in [-0.2, -0.15) is 0 Å². The van der Waals surface area contributed by atoms with E-state index >= 15 is 0 Å². The molecule has 0 amide bonds. The molecule has 1 unspecified atom stereocenters. The topological polar surface area (TPSA) is 78.9 Å². The summed E-state index contributed by atoms with van der Waals surface area (Å²) in [4.78, 5) is 37.9. The number of rotatable bonds is 47. The lowest BCUT2D eigenvalue weighted by Crippen LogP contribution is -2.30. The van der Waals surface area contributed by atoms with Gasteiger partial charge in [-0.15, -0.1) is 0 Å². The first-order valence-corrected chi connectivity index (χ1v) is 26.3. The van der Waals surface area contributed by atoms with Gasteiger partial charge in [-0.3, -0.25) is 14.4 Å². The molecule has 0 aromatic carbocycles. The van der Waals surface area contributed by atoms with E-state index in [9.17, 15) is 14.4 Å². The molecule has 0 spiro atoms. The maximum atomic E-state index is 12.8. The van der Waals surface area contributed by atoms with Crippen LogP contribution >= 0.6 is 0 Å². The van der Waals surface area contributed by atoms with E-state index in [1.807, 2.05) is 0 Å². The van der Waals surface area contributed by atoms with Gasteiger partial charge in [0.15, 0.2) is 6.10 Å². The van der Waals surface area contributed by atoms with E-state index in [0.29, 0.717) is 19.3 Å². The number of hydrogen-bond acceptors (Lipinski definition) is 6. The van der Waals surface area contributed by atoms with Crippen molar-refractivity contribution in [3.63, 3.8) is 0 Å². The first kappa shape index (κ1) is 59.1. The van der Waals surface area contributed by atoms with Crippen LogP contribution in [0.3, 0.4) is 0 Å². The number of carbonyl (C=O) groups is 3. The van der Waals surface area contributed by atoms with Crippen LogP contribution in [0.2, 0.25) is 0 Å². The molecule has 0 N–H and O–H groups in total. The molecule has 0 saturated heterocycles. The molecule has 0 saturated carbocycles. The molecule has 6 heteroatoms. The molecule has 0 aliphatic rings. The van der Waals surface area contributed by atoms with Gasteiger partial charge in [0, 0.05) is 19.3 Å². The summed E-state index contributed by atoms with van der Waals surface area (Å²) in [5.74, 6) is -0.956. The van der Waals surface area contributed by atoms with Gasteiger partial charge in [0.25, 0.3) is 0 Å². The Morgan fingerprint density at radius 1 is 0.355 bits per heavy atom. The third-order valence-electron chi connectivity index (χ3n) is 11.3. The number of esters is 3. The second-order valence-electron chi connectivity index (χ2n) is 17.4. The Hall–Kier alpha value is -2.89. The third-order valence-corrected chi connectivity index (χ3v) is 11.3. The molecule has 6 nitrogen and oxygen atoms in total. The van der Waals surface area contributed by atoms with Gasteiger partial charge in [-0.1, -0.05) is 223 Å². The molecule has 0 bridgehead atoms. The Balaban J connectivity index is 4.43. The van der Waals surface area contributed by atoms with Gasteiger partial charge < -0.3 is 14.2 Å². The van der Waals surface area contributed by atoms with Crippen molar-refractivity contribution in [1.29, 1.82) is 0 Å². The molecule has 358 valence electrons. The van der Waals surface area contributed by atoms with Crippen molar-refractivity contribution in [2.24, 2.45) is 0 Å². The maximum Gasteiger partial charge on any atom is 0.306 e. The number of allylic oxidation sites excluding steroid dienone is 10. The van der Waals surface area contributed by atoms with Crippen LogP contribution in [0.25, 0.3) is 0 Å². The van der Waals surface area contributed by atoms with Crippen LogP contribution in [0.1, 0.15) is 258 Å². The van der Waals surface area contributed by atoms with E-state index < -0.39 is 6.10 Å². The Morgan fingerprint density at radius 3 is 1.13 bits per heavy atom. The van der Waals surface area contributed by atoms with Gasteiger partial charge in [-0.05, 0) is 77.0 Å². The van der Waals surface area contributed by atoms with E-state index in [4.69, 9.17) is 14.2 Å². The Labute approximate surface area is 383 Å². The van der Waals surface area contributed by atoms with Gasteiger partial charge in [0.05, 0.1) is 0 Å². The number of unbranched alkanes of at least 4 members (excludes halogenated alkanes) is 27. The summed E-state index contributed by atoms with van der Waals surface area (Å²) >= 11 is 0. The summed E-state index contributed by atoms with van der Waals surface area (Å²) in [5.41, 5.74) is 0. The molecular formula is C56H98O6. The van der Waals surface area contributed by atoms with Gasteiger partial charge in [0.1, 0.15) is 13.2 Å². The predicted molar refractivity (Wildman–Crippen MR) is 265 cm³/mol. The Bertz CT molecular complexity index is 1130. The van der Waals surface area contributed by atoms with E-state index in [2.05, 4.69) is 81.5 Å². The number of ether oxygens (including phenoxy) is 3. The predicted octanol–water partition coefficient (Wildman–Crippen LogP) is 17.3. The fourth-order valence-corrected chi connectivity index (χ4v) is 7.33. The molecule has 0 fully saturated rings. The van der Waals surface area contributed by atoms with E-state index in [-0.39, 0.29) is 31.1 Å². The fraction of sp³-hybridized carbons (Fsp3) is 0.768. The van der Waals surface area contributed by atoms with E-state index in [1.165, 1.54) is 128 Å². The summed E-state index contributed by atoms with van der Waals surface area (Å²) in [7, 11) is 0. The third kappa shape index (κ3) is 48.1. The molecular weight excluding hydrogens is 769 g/mol. The summed E-state index contributed by atoms with van der Waals surface area (Å²) in [6, 6.07) is 0. The van der Waals surface area contributed by atoms with Crippen LogP contribution < -0.4 is 0 Å². The first-order chi connectivity index (χ1) is 30.5. The fourth-order valence-electron chi connectivity index (χ4n) is 7.33. The summed E-state index contributed by atoms with van der Waals surface area (Å²) in [6.45, 7) is 6.47. The standard InChI is InChI=1S/C56H98O6/c1-4-7-10-13-16-19-22-25-27-29-31-34-37-40-43-46-49-55(58)61-52-53(51-60-54(57)48-45-42-39-36-33-24-21-18-15-12-9-6-3)62-56(59)50-47-44-41-38-35-32-30-28-26-23-20-17-14-11-8-5-2/h9,12,18,21,27,29,31,33-34,36,53H,4-8,10-11,13-17,19-20,22-26,28,30,32,35,37-52H2,1-3H3/b12-9-,21-18-,29-27-,34-31-,36-33-. The quantitative estimate of drug-likeness (QED) is 0.0199. The van der Waals surface area contributed by atoms with Gasteiger partial charge in [0.2, 0.25) is 0 Å². The van der Waals surface area contributed by atoms with Crippen molar-refractivity contribution >= 4 is 17.9 Å². The van der Waals surface area contributed by atoms with E-state index in [0.717, 1.165) is 89.9 Å². The van der Waals surface area contributed by atoms with Crippen LogP contribution in [-0.4, -0.2) is 37.2 Å². The summed E-state index contributed by atoms with van der Waals surface area (Å²) in [6.07, 6.45) is 62.1.